The van der Waals surface area contributed by atoms with Crippen LogP contribution in [0.2, 0.25) is 0 Å². The van der Waals surface area contributed by atoms with Gasteiger partial charge in [-0.3, -0.25) is 14.1 Å². The fourth-order valence-corrected chi connectivity index (χ4v) is 2.40. The molecule has 0 aliphatic carbocycles. The number of amides is 2. The van der Waals surface area contributed by atoms with Gasteiger partial charge in [0.25, 0.3) is 16.0 Å². The molecule has 7 heteroatoms. The third-order valence-electron chi connectivity index (χ3n) is 2.48. The van der Waals surface area contributed by atoms with Crippen molar-refractivity contribution in [3.63, 3.8) is 0 Å². The highest BCUT2D eigenvalue weighted by molar-refractivity contribution is 7.87. The van der Waals surface area contributed by atoms with Crippen LogP contribution in [0.3, 0.4) is 0 Å². The molecule has 1 atom stereocenters. The standard InChI is InChI=1S/C10H9NO5S/c12-9-6-8(17(14,15)16)10(13)11(9)7-4-2-1-3-5-7/h1-5,8H,6H2,(H,14,15,16). The van der Waals surface area contributed by atoms with E-state index in [1.54, 1.807) is 18.2 Å². The minimum Gasteiger partial charge on any atom is -0.285 e. The maximum atomic E-state index is 11.7. The highest BCUT2D eigenvalue weighted by Gasteiger charge is 2.46. The highest BCUT2D eigenvalue weighted by atomic mass is 32.2. The summed E-state index contributed by atoms with van der Waals surface area (Å²) in [7, 11) is -4.54. The Balaban J connectivity index is 2.40. The summed E-state index contributed by atoms with van der Waals surface area (Å²) >= 11 is 0. The van der Waals surface area contributed by atoms with Crippen molar-refractivity contribution in [1.29, 1.82) is 0 Å². The number of carbonyl (C=O) groups excluding carboxylic acids is 2. The molecule has 0 spiro atoms. The molecule has 90 valence electrons. The van der Waals surface area contributed by atoms with E-state index in [0.29, 0.717) is 5.69 Å². The summed E-state index contributed by atoms with van der Waals surface area (Å²) in [6.07, 6.45) is -0.521. The Bertz CT molecular complexity index is 566. The van der Waals surface area contributed by atoms with E-state index in [4.69, 9.17) is 4.55 Å². The number of hydrogen-bond donors (Lipinski definition) is 1. The lowest BCUT2D eigenvalue weighted by Crippen LogP contribution is -2.34. The molecule has 1 aromatic rings. The van der Waals surface area contributed by atoms with E-state index in [9.17, 15) is 18.0 Å². The second kappa shape index (κ2) is 3.94. The van der Waals surface area contributed by atoms with Gasteiger partial charge in [-0.25, -0.2) is 4.90 Å². The summed E-state index contributed by atoms with van der Waals surface area (Å²) in [6.45, 7) is 0. The van der Waals surface area contributed by atoms with E-state index in [2.05, 4.69) is 0 Å². The lowest BCUT2D eigenvalue weighted by molar-refractivity contribution is -0.121. The minimum absolute atomic E-state index is 0.300. The van der Waals surface area contributed by atoms with Crippen molar-refractivity contribution in [2.75, 3.05) is 4.90 Å². The molecule has 1 N–H and O–H groups in total. The smallest absolute Gasteiger partial charge is 0.277 e. The summed E-state index contributed by atoms with van der Waals surface area (Å²) in [5, 5.41) is -1.68. The monoisotopic (exact) mass is 255 g/mol. The van der Waals surface area contributed by atoms with Crippen LogP contribution >= 0.6 is 0 Å². The molecule has 17 heavy (non-hydrogen) atoms. The van der Waals surface area contributed by atoms with Gasteiger partial charge in [-0.1, -0.05) is 18.2 Å². The molecular weight excluding hydrogens is 246 g/mol. The Kier molecular flexibility index (Phi) is 2.72. The number of imide groups is 1. The summed E-state index contributed by atoms with van der Waals surface area (Å²) < 4.78 is 30.7. The zero-order valence-corrected chi connectivity index (χ0v) is 9.42. The molecule has 1 fully saturated rings. The summed E-state index contributed by atoms with van der Waals surface area (Å²) in [4.78, 5) is 24.1. The molecule has 1 unspecified atom stereocenters. The van der Waals surface area contributed by atoms with Crippen molar-refractivity contribution in [1.82, 2.24) is 0 Å². The maximum Gasteiger partial charge on any atom is 0.277 e. The lowest BCUT2D eigenvalue weighted by atomic mass is 10.3. The van der Waals surface area contributed by atoms with Gasteiger partial charge in [0, 0.05) is 0 Å². The molecule has 1 heterocycles. The van der Waals surface area contributed by atoms with Crippen LogP contribution < -0.4 is 4.90 Å². The SMILES string of the molecule is O=C1CC(S(=O)(=O)O)C(=O)N1c1ccccc1. The molecule has 1 aromatic carbocycles. The van der Waals surface area contributed by atoms with Crippen LogP contribution in [0.5, 0.6) is 0 Å². The normalized spacial score (nSPS) is 21.0. The van der Waals surface area contributed by atoms with Gasteiger partial charge in [0.05, 0.1) is 12.1 Å². The van der Waals surface area contributed by atoms with Crippen LogP contribution in [0.4, 0.5) is 5.69 Å². The molecule has 0 saturated carbocycles. The van der Waals surface area contributed by atoms with E-state index in [1.165, 1.54) is 12.1 Å². The Morgan fingerprint density at radius 3 is 2.24 bits per heavy atom. The van der Waals surface area contributed by atoms with Crippen LogP contribution in [0, 0.1) is 0 Å². The predicted octanol–water partition coefficient (Wildman–Crippen LogP) is 0.206. The Hall–Kier alpha value is -1.73. The topological polar surface area (TPSA) is 91.7 Å². The number of benzene rings is 1. The Morgan fingerprint density at radius 1 is 1.18 bits per heavy atom. The number of nitrogens with zero attached hydrogens (tertiary/aromatic N) is 1. The van der Waals surface area contributed by atoms with Gasteiger partial charge < -0.3 is 0 Å². The quantitative estimate of drug-likeness (QED) is 0.602. The lowest BCUT2D eigenvalue weighted by Gasteiger charge is -2.13. The molecule has 2 rings (SSSR count). The van der Waals surface area contributed by atoms with Gasteiger partial charge in [0.15, 0.2) is 5.25 Å². The van der Waals surface area contributed by atoms with Gasteiger partial charge in [0.2, 0.25) is 5.91 Å². The van der Waals surface area contributed by atoms with Gasteiger partial charge in [-0.15, -0.1) is 0 Å². The zero-order chi connectivity index (χ0) is 12.6. The third-order valence-corrected chi connectivity index (χ3v) is 3.57. The van der Waals surface area contributed by atoms with Crippen LogP contribution in [0.15, 0.2) is 30.3 Å². The number of para-hydroxylation sites is 1. The minimum atomic E-state index is -4.54. The number of anilines is 1. The van der Waals surface area contributed by atoms with Crippen LogP contribution in [-0.2, 0) is 19.7 Å². The van der Waals surface area contributed by atoms with E-state index < -0.39 is 33.6 Å². The summed E-state index contributed by atoms with van der Waals surface area (Å²) in [5.41, 5.74) is 0.300. The molecule has 2 amide bonds. The van der Waals surface area contributed by atoms with E-state index in [1.807, 2.05) is 0 Å². The number of hydrogen-bond acceptors (Lipinski definition) is 4. The molecule has 1 aliphatic rings. The number of rotatable bonds is 2. The predicted molar refractivity (Wildman–Crippen MR) is 58.9 cm³/mol. The molecule has 0 aromatic heterocycles. The Labute approximate surface area is 97.6 Å². The average Bonchev–Trinajstić information content (AvgIpc) is 2.55. The molecule has 0 bridgehead atoms. The van der Waals surface area contributed by atoms with Crippen molar-refractivity contribution in [2.24, 2.45) is 0 Å². The second-order valence-electron chi connectivity index (χ2n) is 3.61. The molecule has 0 radical (unpaired) electrons. The number of carbonyl (C=O) groups is 2. The first-order valence-electron chi connectivity index (χ1n) is 4.79. The van der Waals surface area contributed by atoms with Crippen LogP contribution in [0.1, 0.15) is 6.42 Å². The second-order valence-corrected chi connectivity index (χ2v) is 5.21. The molecule has 1 saturated heterocycles. The van der Waals surface area contributed by atoms with Gasteiger partial charge in [-0.2, -0.15) is 8.42 Å². The van der Waals surface area contributed by atoms with Crippen LogP contribution in [0.25, 0.3) is 0 Å². The van der Waals surface area contributed by atoms with Gasteiger partial charge in [-0.05, 0) is 12.1 Å². The molecular formula is C10H9NO5S. The van der Waals surface area contributed by atoms with Gasteiger partial charge in [0.1, 0.15) is 0 Å². The van der Waals surface area contributed by atoms with Crippen molar-refractivity contribution < 1.29 is 22.6 Å². The van der Waals surface area contributed by atoms with E-state index >= 15 is 0 Å². The zero-order valence-electron chi connectivity index (χ0n) is 8.61. The van der Waals surface area contributed by atoms with Crippen molar-refractivity contribution in [3.05, 3.63) is 30.3 Å². The first-order valence-corrected chi connectivity index (χ1v) is 6.30. The van der Waals surface area contributed by atoms with E-state index in [-0.39, 0.29) is 0 Å². The fourth-order valence-electron chi connectivity index (χ4n) is 1.69. The third kappa shape index (κ3) is 2.06. The summed E-state index contributed by atoms with van der Waals surface area (Å²) in [6, 6.07) is 7.98. The maximum absolute atomic E-state index is 11.7. The first kappa shape index (κ1) is 11.7. The van der Waals surface area contributed by atoms with Gasteiger partial charge >= 0.3 is 0 Å². The fraction of sp³-hybridized carbons (Fsp3) is 0.200. The first-order chi connectivity index (χ1) is 7.91. The highest BCUT2D eigenvalue weighted by Crippen LogP contribution is 2.25. The summed E-state index contributed by atoms with van der Waals surface area (Å²) in [5.74, 6) is -1.55. The van der Waals surface area contributed by atoms with E-state index in [0.717, 1.165) is 4.90 Å². The Morgan fingerprint density at radius 2 is 1.76 bits per heavy atom. The largest absolute Gasteiger partial charge is 0.285 e. The molecule has 6 nitrogen and oxygen atoms in total. The van der Waals surface area contributed by atoms with Crippen LogP contribution in [-0.4, -0.2) is 30.0 Å². The van der Waals surface area contributed by atoms with Crippen molar-refractivity contribution in [2.45, 2.75) is 11.7 Å². The van der Waals surface area contributed by atoms with Crippen molar-refractivity contribution in [3.8, 4) is 0 Å². The molecule has 1 aliphatic heterocycles. The average molecular weight is 255 g/mol. The van der Waals surface area contributed by atoms with Crippen molar-refractivity contribution >= 4 is 27.6 Å².